The lowest BCUT2D eigenvalue weighted by atomic mass is 10.2. The quantitative estimate of drug-likeness (QED) is 0.776. The molecule has 2 saturated heterocycles. The van der Waals surface area contributed by atoms with Crippen LogP contribution < -0.4 is 10.6 Å². The highest BCUT2D eigenvalue weighted by Crippen LogP contribution is 2.29. The maximum Gasteiger partial charge on any atom is 0.155 e. The van der Waals surface area contributed by atoms with Gasteiger partial charge < -0.3 is 15.4 Å². The van der Waals surface area contributed by atoms with Crippen LogP contribution in [-0.4, -0.2) is 35.5 Å². The van der Waals surface area contributed by atoms with Gasteiger partial charge in [-0.05, 0) is 18.9 Å². The molecule has 2 N–H and O–H groups in total. The Hall–Kier alpha value is -1.20. The fraction of sp³-hybridized carbons (Fsp3) is 0.636. The Bertz CT molecular complexity index is 372. The lowest BCUT2D eigenvalue weighted by Crippen LogP contribution is -2.43. The molecule has 2 aliphatic heterocycles. The standard InChI is InChI=1S/C11H16N4O/c12-5-8-3-4-13-14-11(8)15-6-9-1-2-10(7-15)16-9/h3-4,9-10H,1-2,5-7,12H2. The molecule has 0 aliphatic carbocycles. The van der Waals surface area contributed by atoms with Gasteiger partial charge in [-0.3, -0.25) is 0 Å². The highest BCUT2D eigenvalue weighted by Gasteiger charge is 2.34. The molecule has 5 heteroatoms. The largest absolute Gasteiger partial charge is 0.371 e. The molecule has 2 bridgehead atoms. The maximum absolute atomic E-state index is 5.80. The van der Waals surface area contributed by atoms with Gasteiger partial charge in [0.05, 0.1) is 18.4 Å². The first kappa shape index (κ1) is 9.99. The molecular weight excluding hydrogens is 204 g/mol. The van der Waals surface area contributed by atoms with E-state index in [4.69, 9.17) is 10.5 Å². The van der Waals surface area contributed by atoms with E-state index in [-0.39, 0.29) is 0 Å². The fourth-order valence-corrected chi connectivity index (χ4v) is 2.56. The Morgan fingerprint density at radius 2 is 2.12 bits per heavy atom. The summed E-state index contributed by atoms with van der Waals surface area (Å²) in [5, 5.41) is 8.16. The number of hydrogen-bond donors (Lipinski definition) is 1. The summed E-state index contributed by atoms with van der Waals surface area (Å²) < 4.78 is 5.80. The van der Waals surface area contributed by atoms with Gasteiger partial charge in [0, 0.05) is 25.2 Å². The van der Waals surface area contributed by atoms with Gasteiger partial charge in [-0.15, -0.1) is 5.10 Å². The Kier molecular flexibility index (Phi) is 2.49. The van der Waals surface area contributed by atoms with E-state index in [1.807, 2.05) is 6.07 Å². The lowest BCUT2D eigenvalue weighted by Gasteiger charge is -2.33. The van der Waals surface area contributed by atoms with E-state index >= 15 is 0 Å². The topological polar surface area (TPSA) is 64.3 Å². The first-order valence-electron chi connectivity index (χ1n) is 5.78. The van der Waals surface area contributed by atoms with E-state index in [1.54, 1.807) is 6.20 Å². The SMILES string of the molecule is NCc1ccnnc1N1CC2CCC(C1)O2. The molecule has 2 aliphatic rings. The monoisotopic (exact) mass is 220 g/mol. The van der Waals surface area contributed by atoms with Crippen molar-refractivity contribution in [2.24, 2.45) is 5.73 Å². The van der Waals surface area contributed by atoms with Crippen LogP contribution in [-0.2, 0) is 11.3 Å². The molecule has 0 aromatic carbocycles. The van der Waals surface area contributed by atoms with Gasteiger partial charge in [0.15, 0.2) is 5.82 Å². The van der Waals surface area contributed by atoms with E-state index in [0.717, 1.165) is 24.5 Å². The lowest BCUT2D eigenvalue weighted by molar-refractivity contribution is 0.0301. The van der Waals surface area contributed by atoms with Crippen LogP contribution >= 0.6 is 0 Å². The zero-order chi connectivity index (χ0) is 11.0. The molecule has 16 heavy (non-hydrogen) atoms. The van der Waals surface area contributed by atoms with Gasteiger partial charge in [-0.25, -0.2) is 0 Å². The van der Waals surface area contributed by atoms with Crippen molar-refractivity contribution in [3.8, 4) is 0 Å². The molecule has 3 heterocycles. The number of hydrogen-bond acceptors (Lipinski definition) is 5. The van der Waals surface area contributed by atoms with Crippen molar-refractivity contribution in [2.75, 3.05) is 18.0 Å². The van der Waals surface area contributed by atoms with Crippen LogP contribution in [0.5, 0.6) is 0 Å². The summed E-state index contributed by atoms with van der Waals surface area (Å²) in [4.78, 5) is 2.26. The average molecular weight is 220 g/mol. The van der Waals surface area contributed by atoms with Crippen molar-refractivity contribution in [3.05, 3.63) is 17.8 Å². The van der Waals surface area contributed by atoms with Gasteiger partial charge in [0.1, 0.15) is 0 Å². The fourth-order valence-electron chi connectivity index (χ4n) is 2.56. The normalized spacial score (nSPS) is 28.4. The van der Waals surface area contributed by atoms with Gasteiger partial charge in [0.2, 0.25) is 0 Å². The summed E-state index contributed by atoms with van der Waals surface area (Å²) in [6, 6.07) is 1.94. The molecule has 2 unspecified atom stereocenters. The highest BCUT2D eigenvalue weighted by atomic mass is 16.5. The first-order chi connectivity index (χ1) is 7.86. The van der Waals surface area contributed by atoms with E-state index < -0.39 is 0 Å². The molecule has 86 valence electrons. The van der Waals surface area contributed by atoms with E-state index in [0.29, 0.717) is 18.8 Å². The highest BCUT2D eigenvalue weighted by molar-refractivity contribution is 5.46. The van der Waals surface area contributed by atoms with Gasteiger partial charge in [-0.1, -0.05) is 0 Å². The summed E-state index contributed by atoms with van der Waals surface area (Å²) in [6.45, 7) is 2.35. The number of nitrogens with zero attached hydrogens (tertiary/aromatic N) is 3. The summed E-state index contributed by atoms with van der Waals surface area (Å²) >= 11 is 0. The maximum atomic E-state index is 5.80. The number of aromatic nitrogens is 2. The van der Waals surface area contributed by atoms with Crippen molar-refractivity contribution in [3.63, 3.8) is 0 Å². The molecule has 1 aromatic heterocycles. The second kappa shape index (κ2) is 3.99. The van der Waals surface area contributed by atoms with E-state index in [2.05, 4.69) is 15.1 Å². The molecule has 0 amide bonds. The molecule has 3 rings (SSSR count). The number of morpholine rings is 1. The molecule has 2 fully saturated rings. The van der Waals surface area contributed by atoms with Crippen molar-refractivity contribution in [1.82, 2.24) is 10.2 Å². The summed E-state index contributed by atoms with van der Waals surface area (Å²) in [5.41, 5.74) is 6.78. The van der Waals surface area contributed by atoms with E-state index in [9.17, 15) is 0 Å². The van der Waals surface area contributed by atoms with Gasteiger partial charge in [0.25, 0.3) is 0 Å². The zero-order valence-electron chi connectivity index (χ0n) is 9.17. The van der Waals surface area contributed by atoms with E-state index in [1.165, 1.54) is 12.8 Å². The zero-order valence-corrected chi connectivity index (χ0v) is 9.17. The third-order valence-corrected chi connectivity index (χ3v) is 3.35. The van der Waals surface area contributed by atoms with Crippen LogP contribution in [0, 0.1) is 0 Å². The molecule has 2 atom stereocenters. The molecule has 0 saturated carbocycles. The summed E-state index contributed by atoms with van der Waals surface area (Å²) in [6.07, 6.45) is 4.76. The van der Waals surface area contributed by atoms with Crippen LogP contribution in [0.3, 0.4) is 0 Å². The van der Waals surface area contributed by atoms with Crippen LogP contribution in [0.2, 0.25) is 0 Å². The minimum atomic E-state index is 0.367. The molecule has 0 spiro atoms. The minimum absolute atomic E-state index is 0.367. The Morgan fingerprint density at radius 3 is 2.81 bits per heavy atom. The second-order valence-electron chi connectivity index (χ2n) is 4.45. The smallest absolute Gasteiger partial charge is 0.155 e. The Morgan fingerprint density at radius 1 is 1.38 bits per heavy atom. The van der Waals surface area contributed by atoms with Crippen molar-refractivity contribution in [2.45, 2.75) is 31.6 Å². The third-order valence-electron chi connectivity index (χ3n) is 3.35. The first-order valence-corrected chi connectivity index (χ1v) is 5.78. The average Bonchev–Trinajstić information content (AvgIpc) is 2.68. The van der Waals surface area contributed by atoms with Crippen LogP contribution in [0.4, 0.5) is 5.82 Å². The number of nitrogens with two attached hydrogens (primary N) is 1. The predicted molar refractivity (Wildman–Crippen MR) is 60.0 cm³/mol. The van der Waals surface area contributed by atoms with Crippen molar-refractivity contribution in [1.29, 1.82) is 0 Å². The van der Waals surface area contributed by atoms with Gasteiger partial charge >= 0.3 is 0 Å². The molecular formula is C11H16N4O. The molecule has 0 radical (unpaired) electrons. The second-order valence-corrected chi connectivity index (χ2v) is 4.45. The van der Waals surface area contributed by atoms with Crippen LogP contribution in [0.15, 0.2) is 12.3 Å². The third kappa shape index (κ3) is 1.66. The van der Waals surface area contributed by atoms with Gasteiger partial charge in [-0.2, -0.15) is 5.10 Å². The number of ether oxygens (including phenoxy) is 1. The number of anilines is 1. The predicted octanol–water partition coefficient (Wildman–Crippen LogP) is 0.303. The summed E-state index contributed by atoms with van der Waals surface area (Å²) in [5.74, 6) is 0.935. The number of fused-ring (bicyclic) bond motifs is 2. The molecule has 1 aromatic rings. The molecule has 5 nitrogen and oxygen atoms in total. The Balaban J connectivity index is 1.86. The minimum Gasteiger partial charge on any atom is -0.371 e. The van der Waals surface area contributed by atoms with Crippen molar-refractivity contribution >= 4 is 5.82 Å². The number of rotatable bonds is 2. The summed E-state index contributed by atoms with van der Waals surface area (Å²) in [7, 11) is 0. The Labute approximate surface area is 94.6 Å². The van der Waals surface area contributed by atoms with Crippen molar-refractivity contribution < 1.29 is 4.74 Å². The van der Waals surface area contributed by atoms with Crippen LogP contribution in [0.25, 0.3) is 0 Å². The van der Waals surface area contributed by atoms with Crippen LogP contribution in [0.1, 0.15) is 18.4 Å².